The summed E-state index contributed by atoms with van der Waals surface area (Å²) in [6.07, 6.45) is 0. The van der Waals surface area contributed by atoms with Crippen molar-refractivity contribution in [2.75, 3.05) is 0 Å². The fraction of sp³-hybridized carbons (Fsp3) is 0.154. The molecule has 0 saturated carbocycles. The number of carboxylic acid groups (broad SMARTS) is 1. The van der Waals surface area contributed by atoms with Crippen molar-refractivity contribution < 1.29 is 9.90 Å². The molecule has 0 spiro atoms. The molecular formula is C13H13BrO2. The predicted molar refractivity (Wildman–Crippen MR) is 69.9 cm³/mol. The van der Waals surface area contributed by atoms with Gasteiger partial charge in [0.05, 0.1) is 0 Å². The van der Waals surface area contributed by atoms with E-state index in [9.17, 15) is 0 Å². The Balaban J connectivity index is 0.000000280. The second kappa shape index (κ2) is 6.28. The van der Waals surface area contributed by atoms with E-state index < -0.39 is 5.97 Å². The molecule has 0 amide bonds. The van der Waals surface area contributed by atoms with Crippen LogP contribution in [0.2, 0.25) is 0 Å². The summed E-state index contributed by atoms with van der Waals surface area (Å²) in [5.74, 6) is -0.833. The molecule has 0 aliphatic heterocycles. The van der Waals surface area contributed by atoms with E-state index in [2.05, 4.69) is 58.4 Å². The Morgan fingerprint density at radius 3 is 2.31 bits per heavy atom. The fourth-order valence-electron chi connectivity index (χ4n) is 1.32. The van der Waals surface area contributed by atoms with Crippen LogP contribution < -0.4 is 0 Å². The number of alkyl halides is 1. The molecule has 2 aromatic carbocycles. The summed E-state index contributed by atoms with van der Waals surface area (Å²) in [6.45, 7) is 1.08. The first kappa shape index (κ1) is 12.7. The number of rotatable bonds is 1. The summed E-state index contributed by atoms with van der Waals surface area (Å²) in [5, 5.41) is 11.0. The molecule has 0 saturated heterocycles. The van der Waals surface area contributed by atoms with Gasteiger partial charge in [0, 0.05) is 12.3 Å². The van der Waals surface area contributed by atoms with E-state index in [-0.39, 0.29) is 0 Å². The molecule has 2 aromatic rings. The first-order chi connectivity index (χ1) is 7.63. The zero-order valence-corrected chi connectivity index (χ0v) is 10.6. The lowest BCUT2D eigenvalue weighted by Gasteiger charge is -1.98. The predicted octanol–water partition coefficient (Wildman–Crippen LogP) is 3.83. The maximum atomic E-state index is 9.00. The molecule has 0 aromatic heterocycles. The van der Waals surface area contributed by atoms with Gasteiger partial charge in [-0.15, -0.1) is 0 Å². The minimum Gasteiger partial charge on any atom is -0.481 e. The van der Waals surface area contributed by atoms with Gasteiger partial charge in [-0.2, -0.15) is 0 Å². The van der Waals surface area contributed by atoms with Crippen molar-refractivity contribution in [3.63, 3.8) is 0 Å². The van der Waals surface area contributed by atoms with Crippen LogP contribution >= 0.6 is 15.9 Å². The average Bonchev–Trinajstić information content (AvgIpc) is 2.27. The number of aliphatic carboxylic acids is 1. The molecular weight excluding hydrogens is 268 g/mol. The third-order valence-electron chi connectivity index (χ3n) is 1.97. The van der Waals surface area contributed by atoms with E-state index in [0.717, 1.165) is 12.3 Å². The Labute approximate surface area is 103 Å². The molecule has 0 aliphatic carbocycles. The van der Waals surface area contributed by atoms with Crippen LogP contribution in [0.25, 0.3) is 10.8 Å². The Bertz CT molecular complexity index is 476. The average molecular weight is 281 g/mol. The van der Waals surface area contributed by atoms with Crippen LogP contribution in [0.1, 0.15) is 12.5 Å². The van der Waals surface area contributed by atoms with Crippen LogP contribution in [-0.2, 0) is 10.1 Å². The van der Waals surface area contributed by atoms with Crippen molar-refractivity contribution in [3.8, 4) is 0 Å². The number of halogens is 1. The lowest BCUT2D eigenvalue weighted by Crippen LogP contribution is -1.78. The fourth-order valence-corrected chi connectivity index (χ4v) is 1.67. The van der Waals surface area contributed by atoms with Crippen molar-refractivity contribution >= 4 is 32.7 Å². The maximum absolute atomic E-state index is 9.00. The van der Waals surface area contributed by atoms with Gasteiger partial charge in [0.2, 0.25) is 0 Å². The Hall–Kier alpha value is -1.35. The van der Waals surface area contributed by atoms with Gasteiger partial charge in [-0.25, -0.2) is 0 Å². The van der Waals surface area contributed by atoms with Gasteiger partial charge in [0.1, 0.15) is 0 Å². The van der Waals surface area contributed by atoms with E-state index in [1.165, 1.54) is 16.3 Å². The first-order valence-electron chi connectivity index (χ1n) is 4.86. The van der Waals surface area contributed by atoms with Gasteiger partial charge >= 0.3 is 0 Å². The molecule has 0 radical (unpaired) electrons. The van der Waals surface area contributed by atoms with Gasteiger partial charge in [-0.1, -0.05) is 58.4 Å². The number of hydrogen-bond donors (Lipinski definition) is 1. The Morgan fingerprint density at radius 1 is 1.19 bits per heavy atom. The van der Waals surface area contributed by atoms with Crippen LogP contribution in [0.15, 0.2) is 42.5 Å². The Kier molecular flexibility index (Phi) is 4.99. The second-order valence-electron chi connectivity index (χ2n) is 3.33. The molecule has 1 N–H and O–H groups in total. The van der Waals surface area contributed by atoms with Crippen LogP contribution in [-0.4, -0.2) is 11.1 Å². The quantitative estimate of drug-likeness (QED) is 0.807. The smallest absolute Gasteiger partial charge is 0.300 e. The molecule has 16 heavy (non-hydrogen) atoms. The van der Waals surface area contributed by atoms with Crippen LogP contribution in [0.5, 0.6) is 0 Å². The largest absolute Gasteiger partial charge is 0.481 e. The minimum atomic E-state index is -0.833. The number of carboxylic acids is 1. The molecule has 0 atom stereocenters. The van der Waals surface area contributed by atoms with Crippen molar-refractivity contribution in [2.24, 2.45) is 0 Å². The standard InChI is InChI=1S/C11H9Br.C2H4O2/c12-8-9-5-6-10-3-1-2-4-11(10)7-9;1-2(3)4/h1-7H,8H2;1H3,(H,3,4). The molecule has 0 unspecified atom stereocenters. The zero-order chi connectivity index (χ0) is 12.0. The van der Waals surface area contributed by atoms with Crippen molar-refractivity contribution in [1.29, 1.82) is 0 Å². The van der Waals surface area contributed by atoms with E-state index >= 15 is 0 Å². The van der Waals surface area contributed by atoms with Crippen LogP contribution in [0.4, 0.5) is 0 Å². The molecule has 0 bridgehead atoms. The van der Waals surface area contributed by atoms with Gasteiger partial charge in [0.15, 0.2) is 0 Å². The third-order valence-corrected chi connectivity index (χ3v) is 2.62. The number of fused-ring (bicyclic) bond motifs is 1. The molecule has 2 rings (SSSR count). The topological polar surface area (TPSA) is 37.3 Å². The van der Waals surface area contributed by atoms with Crippen molar-refractivity contribution in [2.45, 2.75) is 12.3 Å². The van der Waals surface area contributed by atoms with Gasteiger partial charge in [-0.05, 0) is 16.3 Å². The van der Waals surface area contributed by atoms with Gasteiger partial charge in [0.25, 0.3) is 5.97 Å². The summed E-state index contributed by atoms with van der Waals surface area (Å²) >= 11 is 3.44. The highest BCUT2D eigenvalue weighted by atomic mass is 79.9. The molecule has 84 valence electrons. The third kappa shape index (κ3) is 4.03. The van der Waals surface area contributed by atoms with E-state index in [1.807, 2.05) is 0 Å². The summed E-state index contributed by atoms with van der Waals surface area (Å²) in [5.41, 5.74) is 1.33. The highest BCUT2D eigenvalue weighted by molar-refractivity contribution is 9.08. The van der Waals surface area contributed by atoms with E-state index in [1.54, 1.807) is 0 Å². The zero-order valence-electron chi connectivity index (χ0n) is 8.98. The molecule has 2 nitrogen and oxygen atoms in total. The molecule has 3 heteroatoms. The molecule has 0 aliphatic rings. The second-order valence-corrected chi connectivity index (χ2v) is 3.89. The van der Waals surface area contributed by atoms with E-state index in [4.69, 9.17) is 9.90 Å². The number of benzene rings is 2. The number of hydrogen-bond acceptors (Lipinski definition) is 1. The summed E-state index contributed by atoms with van der Waals surface area (Å²) in [6, 6.07) is 14.9. The van der Waals surface area contributed by atoms with Crippen LogP contribution in [0, 0.1) is 0 Å². The minimum absolute atomic E-state index is 0.833. The lowest BCUT2D eigenvalue weighted by atomic mass is 10.1. The van der Waals surface area contributed by atoms with Crippen LogP contribution in [0.3, 0.4) is 0 Å². The normalized spacial score (nSPS) is 9.38. The SMILES string of the molecule is BrCc1ccc2ccccc2c1.CC(=O)O. The highest BCUT2D eigenvalue weighted by Crippen LogP contribution is 2.16. The first-order valence-corrected chi connectivity index (χ1v) is 5.99. The summed E-state index contributed by atoms with van der Waals surface area (Å²) in [4.78, 5) is 9.00. The Morgan fingerprint density at radius 2 is 1.75 bits per heavy atom. The van der Waals surface area contributed by atoms with Gasteiger partial charge < -0.3 is 5.11 Å². The number of carbonyl (C=O) groups is 1. The highest BCUT2D eigenvalue weighted by Gasteiger charge is 1.92. The summed E-state index contributed by atoms with van der Waals surface area (Å²) in [7, 11) is 0. The van der Waals surface area contributed by atoms with Crippen molar-refractivity contribution in [1.82, 2.24) is 0 Å². The van der Waals surface area contributed by atoms with Gasteiger partial charge in [-0.3, -0.25) is 4.79 Å². The molecule has 0 heterocycles. The summed E-state index contributed by atoms with van der Waals surface area (Å²) < 4.78 is 0. The maximum Gasteiger partial charge on any atom is 0.300 e. The van der Waals surface area contributed by atoms with Crippen molar-refractivity contribution in [3.05, 3.63) is 48.0 Å². The lowest BCUT2D eigenvalue weighted by molar-refractivity contribution is -0.134. The van der Waals surface area contributed by atoms with E-state index in [0.29, 0.717) is 0 Å². The monoisotopic (exact) mass is 280 g/mol. The molecule has 0 fully saturated rings.